The van der Waals surface area contributed by atoms with Gasteiger partial charge < -0.3 is 9.64 Å². The van der Waals surface area contributed by atoms with Crippen LogP contribution in [0.4, 0.5) is 0 Å². The normalized spacial score (nSPS) is 11.1. The zero-order chi connectivity index (χ0) is 12.7. The lowest BCUT2D eigenvalue weighted by Gasteiger charge is -2.10. The quantitative estimate of drug-likeness (QED) is 0.578. The summed E-state index contributed by atoms with van der Waals surface area (Å²) >= 11 is 0. The van der Waals surface area contributed by atoms with Crippen molar-refractivity contribution < 1.29 is 9.53 Å². The van der Waals surface area contributed by atoms with Gasteiger partial charge >= 0.3 is 5.97 Å². The van der Waals surface area contributed by atoms with E-state index in [1.807, 2.05) is 56.3 Å². The standard InChI is InChI=1S/C14H19NO2/c1-4-13(10-15(2)3)14(16)17-11-12-8-6-5-7-9-12/h5-10H,4,11H2,1-3H3. The summed E-state index contributed by atoms with van der Waals surface area (Å²) in [6.45, 7) is 2.27. The van der Waals surface area contributed by atoms with Gasteiger partial charge in [-0.3, -0.25) is 0 Å². The van der Waals surface area contributed by atoms with Crippen molar-refractivity contribution in [1.82, 2.24) is 4.90 Å². The monoisotopic (exact) mass is 233 g/mol. The van der Waals surface area contributed by atoms with Crippen LogP contribution in [-0.4, -0.2) is 25.0 Å². The molecule has 0 aliphatic rings. The van der Waals surface area contributed by atoms with Gasteiger partial charge in [0.2, 0.25) is 0 Å². The van der Waals surface area contributed by atoms with Crippen LogP contribution in [0.3, 0.4) is 0 Å². The van der Waals surface area contributed by atoms with Crippen LogP contribution in [0.25, 0.3) is 0 Å². The van der Waals surface area contributed by atoms with E-state index < -0.39 is 0 Å². The molecule has 0 radical (unpaired) electrons. The van der Waals surface area contributed by atoms with Gasteiger partial charge in [-0.1, -0.05) is 37.3 Å². The van der Waals surface area contributed by atoms with Gasteiger partial charge in [0.05, 0.1) is 5.57 Å². The highest BCUT2D eigenvalue weighted by Crippen LogP contribution is 2.07. The lowest BCUT2D eigenvalue weighted by molar-refractivity contribution is -0.140. The number of carbonyl (C=O) groups is 1. The predicted molar refractivity (Wildman–Crippen MR) is 68.3 cm³/mol. The molecule has 3 heteroatoms. The van der Waals surface area contributed by atoms with Crippen molar-refractivity contribution >= 4 is 5.97 Å². The second kappa shape index (κ2) is 6.74. The smallest absolute Gasteiger partial charge is 0.335 e. The molecule has 0 bridgehead atoms. The Morgan fingerprint density at radius 3 is 2.47 bits per heavy atom. The molecular formula is C14H19NO2. The molecule has 0 aromatic heterocycles. The van der Waals surface area contributed by atoms with Gasteiger partial charge in [-0.25, -0.2) is 4.79 Å². The molecule has 0 atom stereocenters. The van der Waals surface area contributed by atoms with Gasteiger partial charge in [0, 0.05) is 20.3 Å². The maximum Gasteiger partial charge on any atom is 0.335 e. The van der Waals surface area contributed by atoms with Crippen molar-refractivity contribution in [3.63, 3.8) is 0 Å². The molecule has 0 heterocycles. The molecule has 0 amide bonds. The number of ether oxygens (including phenoxy) is 1. The summed E-state index contributed by atoms with van der Waals surface area (Å²) in [5.74, 6) is -0.245. The fourth-order valence-electron chi connectivity index (χ4n) is 1.42. The number of esters is 1. The molecule has 0 fully saturated rings. The Hall–Kier alpha value is -1.77. The van der Waals surface area contributed by atoms with Crippen LogP contribution in [0.2, 0.25) is 0 Å². The molecule has 1 rings (SSSR count). The molecule has 0 saturated heterocycles. The predicted octanol–water partition coefficient (Wildman–Crippen LogP) is 2.59. The minimum Gasteiger partial charge on any atom is -0.457 e. The third-order valence-electron chi connectivity index (χ3n) is 2.27. The summed E-state index contributed by atoms with van der Waals surface area (Å²) in [4.78, 5) is 13.6. The van der Waals surface area contributed by atoms with Crippen LogP contribution in [-0.2, 0) is 16.1 Å². The second-order valence-electron chi connectivity index (χ2n) is 4.03. The van der Waals surface area contributed by atoms with E-state index in [-0.39, 0.29) is 5.97 Å². The average Bonchev–Trinajstić information content (AvgIpc) is 2.34. The van der Waals surface area contributed by atoms with E-state index >= 15 is 0 Å². The molecule has 0 aliphatic heterocycles. The molecular weight excluding hydrogens is 214 g/mol. The minimum absolute atomic E-state index is 0.245. The number of benzene rings is 1. The Morgan fingerprint density at radius 2 is 1.94 bits per heavy atom. The lowest BCUT2D eigenvalue weighted by Crippen LogP contribution is -2.12. The molecule has 1 aromatic rings. The van der Waals surface area contributed by atoms with Crippen LogP contribution in [0.15, 0.2) is 42.1 Å². The summed E-state index contributed by atoms with van der Waals surface area (Å²) in [6, 6.07) is 9.68. The molecule has 0 saturated carbocycles. The molecule has 92 valence electrons. The highest BCUT2D eigenvalue weighted by atomic mass is 16.5. The molecule has 1 aromatic carbocycles. The van der Waals surface area contributed by atoms with E-state index in [9.17, 15) is 4.79 Å². The van der Waals surface area contributed by atoms with Crippen LogP contribution in [0.1, 0.15) is 18.9 Å². The highest BCUT2D eigenvalue weighted by Gasteiger charge is 2.09. The molecule has 0 N–H and O–H groups in total. The topological polar surface area (TPSA) is 29.5 Å². The van der Waals surface area contributed by atoms with E-state index in [1.54, 1.807) is 6.20 Å². The summed E-state index contributed by atoms with van der Waals surface area (Å²) < 4.78 is 5.25. The molecule has 17 heavy (non-hydrogen) atoms. The van der Waals surface area contributed by atoms with Gasteiger partial charge in [0.15, 0.2) is 0 Å². The first kappa shape index (κ1) is 13.3. The Kier molecular flexibility index (Phi) is 5.27. The zero-order valence-corrected chi connectivity index (χ0v) is 10.6. The first-order valence-electron chi connectivity index (χ1n) is 5.71. The van der Waals surface area contributed by atoms with Crippen molar-refractivity contribution in [2.24, 2.45) is 0 Å². The number of hydrogen-bond donors (Lipinski definition) is 0. The van der Waals surface area contributed by atoms with E-state index in [0.29, 0.717) is 18.6 Å². The van der Waals surface area contributed by atoms with Crippen molar-refractivity contribution in [3.8, 4) is 0 Å². The summed E-state index contributed by atoms with van der Waals surface area (Å²) in [6.07, 6.45) is 2.47. The van der Waals surface area contributed by atoms with Crippen LogP contribution in [0.5, 0.6) is 0 Å². The minimum atomic E-state index is -0.245. The number of carbonyl (C=O) groups excluding carboxylic acids is 1. The fourth-order valence-corrected chi connectivity index (χ4v) is 1.42. The third-order valence-corrected chi connectivity index (χ3v) is 2.27. The highest BCUT2D eigenvalue weighted by molar-refractivity contribution is 5.88. The summed E-state index contributed by atoms with van der Waals surface area (Å²) in [5, 5.41) is 0. The first-order valence-corrected chi connectivity index (χ1v) is 5.71. The van der Waals surface area contributed by atoms with Gasteiger partial charge in [-0.15, -0.1) is 0 Å². The number of hydrogen-bond acceptors (Lipinski definition) is 3. The second-order valence-corrected chi connectivity index (χ2v) is 4.03. The maximum absolute atomic E-state index is 11.8. The van der Waals surface area contributed by atoms with E-state index in [2.05, 4.69) is 0 Å². The van der Waals surface area contributed by atoms with E-state index in [0.717, 1.165) is 5.56 Å². The first-order chi connectivity index (χ1) is 8.13. The van der Waals surface area contributed by atoms with Crippen LogP contribution >= 0.6 is 0 Å². The van der Waals surface area contributed by atoms with E-state index in [1.165, 1.54) is 0 Å². The Bertz CT molecular complexity index is 382. The molecule has 3 nitrogen and oxygen atoms in total. The Morgan fingerprint density at radius 1 is 1.29 bits per heavy atom. The van der Waals surface area contributed by atoms with Gasteiger partial charge in [0.1, 0.15) is 6.61 Å². The molecule has 0 aliphatic carbocycles. The van der Waals surface area contributed by atoms with Crippen LogP contribution < -0.4 is 0 Å². The number of nitrogens with zero attached hydrogens (tertiary/aromatic N) is 1. The Balaban J connectivity index is 2.54. The summed E-state index contributed by atoms with van der Waals surface area (Å²) in [7, 11) is 3.78. The Labute approximate surface area is 103 Å². The van der Waals surface area contributed by atoms with Crippen LogP contribution in [0, 0.1) is 0 Å². The molecule has 0 spiro atoms. The summed E-state index contributed by atoms with van der Waals surface area (Å²) in [5.41, 5.74) is 1.69. The van der Waals surface area contributed by atoms with Crippen molar-refractivity contribution in [3.05, 3.63) is 47.7 Å². The zero-order valence-electron chi connectivity index (χ0n) is 10.6. The largest absolute Gasteiger partial charge is 0.457 e. The maximum atomic E-state index is 11.8. The van der Waals surface area contributed by atoms with Gasteiger partial charge in [-0.05, 0) is 12.0 Å². The van der Waals surface area contributed by atoms with Crippen molar-refractivity contribution in [2.75, 3.05) is 14.1 Å². The van der Waals surface area contributed by atoms with Crippen molar-refractivity contribution in [2.45, 2.75) is 20.0 Å². The number of rotatable bonds is 5. The van der Waals surface area contributed by atoms with E-state index in [4.69, 9.17) is 4.74 Å². The molecule has 0 unspecified atom stereocenters. The third kappa shape index (κ3) is 4.72. The van der Waals surface area contributed by atoms with Gasteiger partial charge in [-0.2, -0.15) is 0 Å². The SMILES string of the molecule is CCC(=CN(C)C)C(=O)OCc1ccccc1. The van der Waals surface area contributed by atoms with Crippen molar-refractivity contribution in [1.29, 1.82) is 0 Å². The average molecular weight is 233 g/mol. The fraction of sp³-hybridized carbons (Fsp3) is 0.357. The lowest BCUT2D eigenvalue weighted by atomic mass is 10.2. The van der Waals surface area contributed by atoms with Gasteiger partial charge in [0.25, 0.3) is 0 Å².